The maximum absolute atomic E-state index is 12.3. The van der Waals surface area contributed by atoms with E-state index in [-0.39, 0.29) is 41.2 Å². The van der Waals surface area contributed by atoms with Gasteiger partial charge < -0.3 is 10.2 Å². The van der Waals surface area contributed by atoms with Gasteiger partial charge in [-0.2, -0.15) is 0 Å². The van der Waals surface area contributed by atoms with E-state index in [4.69, 9.17) is 0 Å². The van der Waals surface area contributed by atoms with Crippen molar-refractivity contribution >= 4 is 21.7 Å². The van der Waals surface area contributed by atoms with Gasteiger partial charge in [-0.3, -0.25) is 9.59 Å². The summed E-state index contributed by atoms with van der Waals surface area (Å²) in [6.45, 7) is 5.42. The first kappa shape index (κ1) is 18.2. The number of nitrogens with zero attached hydrogens (tertiary/aromatic N) is 1. The molecule has 1 N–H and O–H groups in total. The Kier molecular flexibility index (Phi) is 6.06. The average molecular weight is 344 g/mol. The molecule has 1 saturated heterocycles. The Balaban J connectivity index is 1.80. The molecule has 7 heteroatoms. The van der Waals surface area contributed by atoms with E-state index in [1.165, 1.54) is 0 Å². The summed E-state index contributed by atoms with van der Waals surface area (Å²) in [5.74, 6) is 0.346. The van der Waals surface area contributed by atoms with E-state index in [2.05, 4.69) is 5.32 Å². The predicted octanol–water partition coefficient (Wildman–Crippen LogP) is 0.965. The molecule has 132 valence electrons. The summed E-state index contributed by atoms with van der Waals surface area (Å²) in [7, 11) is -2.97. The van der Waals surface area contributed by atoms with Gasteiger partial charge in [0.2, 0.25) is 11.8 Å². The van der Waals surface area contributed by atoms with Crippen LogP contribution >= 0.6 is 0 Å². The molecule has 0 bridgehead atoms. The molecule has 2 fully saturated rings. The molecule has 1 heterocycles. The van der Waals surface area contributed by atoms with Gasteiger partial charge >= 0.3 is 0 Å². The summed E-state index contributed by atoms with van der Waals surface area (Å²) in [6.07, 6.45) is 3.43. The number of carbonyl (C=O) groups excluding carboxylic acids is 2. The molecular weight excluding hydrogens is 316 g/mol. The van der Waals surface area contributed by atoms with Gasteiger partial charge in [-0.15, -0.1) is 0 Å². The number of carbonyl (C=O) groups is 2. The lowest BCUT2D eigenvalue weighted by molar-refractivity contribution is -0.138. The van der Waals surface area contributed by atoms with Crippen molar-refractivity contribution in [1.29, 1.82) is 0 Å². The minimum Gasteiger partial charge on any atom is -0.352 e. The second-order valence-electron chi connectivity index (χ2n) is 6.67. The van der Waals surface area contributed by atoms with Crippen LogP contribution in [-0.4, -0.2) is 55.8 Å². The van der Waals surface area contributed by atoms with Crippen LogP contribution in [0, 0.1) is 11.8 Å². The Labute approximate surface area is 138 Å². The molecule has 2 aliphatic rings. The van der Waals surface area contributed by atoms with Gasteiger partial charge in [-0.05, 0) is 46.0 Å². The Morgan fingerprint density at radius 3 is 2.04 bits per heavy atom. The Bertz CT molecular complexity index is 534. The van der Waals surface area contributed by atoms with E-state index >= 15 is 0 Å². The van der Waals surface area contributed by atoms with Crippen molar-refractivity contribution < 1.29 is 18.0 Å². The van der Waals surface area contributed by atoms with Crippen molar-refractivity contribution in [3.05, 3.63) is 0 Å². The second kappa shape index (κ2) is 7.64. The first-order chi connectivity index (χ1) is 10.9. The summed E-state index contributed by atoms with van der Waals surface area (Å²) >= 11 is 0. The van der Waals surface area contributed by atoms with E-state index < -0.39 is 9.84 Å². The fourth-order valence-corrected chi connectivity index (χ4v) is 5.30. The third-order valence-electron chi connectivity index (χ3n) is 5.10. The zero-order chi connectivity index (χ0) is 17.0. The number of hydrogen-bond acceptors (Lipinski definition) is 4. The van der Waals surface area contributed by atoms with Crippen LogP contribution in [0.2, 0.25) is 0 Å². The lowest BCUT2D eigenvalue weighted by Gasteiger charge is -2.31. The van der Waals surface area contributed by atoms with Crippen molar-refractivity contribution in [2.24, 2.45) is 11.8 Å². The molecule has 2 amide bonds. The fourth-order valence-electron chi connectivity index (χ4n) is 3.62. The fraction of sp³-hybridized carbons (Fsp3) is 0.875. The van der Waals surface area contributed by atoms with Crippen LogP contribution in [0.3, 0.4) is 0 Å². The molecule has 0 spiro atoms. The van der Waals surface area contributed by atoms with Crippen LogP contribution in [0.15, 0.2) is 0 Å². The van der Waals surface area contributed by atoms with E-state index in [1.807, 2.05) is 18.7 Å². The summed E-state index contributed by atoms with van der Waals surface area (Å²) < 4.78 is 22.9. The van der Waals surface area contributed by atoms with Crippen LogP contribution in [0.5, 0.6) is 0 Å². The van der Waals surface area contributed by atoms with Crippen LogP contribution < -0.4 is 5.32 Å². The van der Waals surface area contributed by atoms with Gasteiger partial charge in [-0.1, -0.05) is 0 Å². The van der Waals surface area contributed by atoms with E-state index in [1.54, 1.807) is 0 Å². The van der Waals surface area contributed by atoms with E-state index in [9.17, 15) is 18.0 Å². The minimum absolute atomic E-state index is 0.0332. The molecule has 2 rings (SSSR count). The average Bonchev–Trinajstić information content (AvgIpc) is 2.87. The van der Waals surface area contributed by atoms with Gasteiger partial charge in [0.15, 0.2) is 9.84 Å². The number of hydrogen-bond donors (Lipinski definition) is 1. The molecular formula is C16H28N2O4S. The predicted molar refractivity (Wildman–Crippen MR) is 88.6 cm³/mol. The third kappa shape index (κ3) is 4.68. The lowest BCUT2D eigenvalue weighted by atomic mass is 9.80. The SMILES string of the molecule is CCN(CC)C(=O)C1CCC(C(=O)NC2CCS(=O)(=O)C2)CC1. The molecule has 1 aliphatic carbocycles. The van der Waals surface area contributed by atoms with Gasteiger partial charge in [0.05, 0.1) is 11.5 Å². The molecule has 1 saturated carbocycles. The molecule has 0 aromatic carbocycles. The molecule has 1 unspecified atom stereocenters. The molecule has 0 aromatic heterocycles. The third-order valence-corrected chi connectivity index (χ3v) is 6.87. The first-order valence-electron chi connectivity index (χ1n) is 8.65. The van der Waals surface area contributed by atoms with E-state index in [0.29, 0.717) is 19.3 Å². The van der Waals surface area contributed by atoms with Gasteiger partial charge in [-0.25, -0.2) is 8.42 Å². The van der Waals surface area contributed by atoms with Crippen molar-refractivity contribution in [1.82, 2.24) is 10.2 Å². The van der Waals surface area contributed by atoms with Gasteiger partial charge in [0.25, 0.3) is 0 Å². The standard InChI is InChI=1S/C16H28N2O4S/c1-3-18(4-2)16(20)13-7-5-12(6-8-13)15(19)17-14-9-10-23(21,22)11-14/h12-14H,3-11H2,1-2H3,(H,17,19). The molecule has 0 aromatic rings. The molecule has 6 nitrogen and oxygen atoms in total. The maximum atomic E-state index is 12.3. The van der Waals surface area contributed by atoms with Crippen LogP contribution in [0.4, 0.5) is 0 Å². The normalized spacial score (nSPS) is 29.9. The van der Waals surface area contributed by atoms with Crippen molar-refractivity contribution in [3.8, 4) is 0 Å². The smallest absolute Gasteiger partial charge is 0.225 e. The highest BCUT2D eigenvalue weighted by atomic mass is 32.2. The summed E-state index contributed by atoms with van der Waals surface area (Å²) in [4.78, 5) is 26.5. The summed E-state index contributed by atoms with van der Waals surface area (Å²) in [5, 5.41) is 2.88. The first-order valence-corrected chi connectivity index (χ1v) is 10.5. The van der Waals surface area contributed by atoms with Gasteiger partial charge in [0, 0.05) is 31.0 Å². The van der Waals surface area contributed by atoms with E-state index in [0.717, 1.165) is 25.9 Å². The van der Waals surface area contributed by atoms with Gasteiger partial charge in [0.1, 0.15) is 0 Å². The maximum Gasteiger partial charge on any atom is 0.225 e. The molecule has 0 radical (unpaired) electrons. The topological polar surface area (TPSA) is 83.6 Å². The van der Waals surface area contributed by atoms with Crippen LogP contribution in [0.1, 0.15) is 46.0 Å². The van der Waals surface area contributed by atoms with Crippen LogP contribution in [0.25, 0.3) is 0 Å². The Morgan fingerprint density at radius 2 is 1.57 bits per heavy atom. The number of sulfone groups is 1. The Hall–Kier alpha value is -1.11. The summed E-state index contributed by atoms with van der Waals surface area (Å²) in [6, 6.07) is -0.234. The minimum atomic E-state index is -2.97. The monoisotopic (exact) mass is 344 g/mol. The molecule has 1 aliphatic heterocycles. The summed E-state index contributed by atoms with van der Waals surface area (Å²) in [5.41, 5.74) is 0. The molecule has 23 heavy (non-hydrogen) atoms. The van der Waals surface area contributed by atoms with Crippen molar-refractivity contribution in [3.63, 3.8) is 0 Å². The highest BCUT2D eigenvalue weighted by Crippen LogP contribution is 2.30. The molecule has 1 atom stereocenters. The largest absolute Gasteiger partial charge is 0.352 e. The lowest BCUT2D eigenvalue weighted by Crippen LogP contribution is -2.42. The quantitative estimate of drug-likeness (QED) is 0.805. The number of amides is 2. The Morgan fingerprint density at radius 1 is 1.00 bits per heavy atom. The van der Waals surface area contributed by atoms with Crippen molar-refractivity contribution in [2.75, 3.05) is 24.6 Å². The van der Waals surface area contributed by atoms with Crippen LogP contribution in [-0.2, 0) is 19.4 Å². The second-order valence-corrected chi connectivity index (χ2v) is 8.90. The van der Waals surface area contributed by atoms with Crippen molar-refractivity contribution in [2.45, 2.75) is 52.0 Å². The number of rotatable bonds is 5. The zero-order valence-electron chi connectivity index (χ0n) is 14.1. The highest BCUT2D eigenvalue weighted by molar-refractivity contribution is 7.91. The number of nitrogens with one attached hydrogen (secondary N) is 1. The zero-order valence-corrected chi connectivity index (χ0v) is 14.9. The highest BCUT2D eigenvalue weighted by Gasteiger charge is 2.34.